The van der Waals surface area contributed by atoms with Crippen molar-refractivity contribution in [1.82, 2.24) is 10.2 Å². The Morgan fingerprint density at radius 2 is 1.78 bits per heavy atom. The molecule has 146 valence electrons. The Balaban J connectivity index is 2.08. The fourth-order valence-corrected chi connectivity index (χ4v) is 3.73. The molecule has 0 aromatic heterocycles. The Morgan fingerprint density at radius 3 is 2.56 bits per heavy atom. The molecule has 2 aromatic carbocycles. The standard InChI is InChI=1S/C22H30N2O3/c1-4-27-19-9-6-5-8-18(19)22(24-14-7-12-23-13-15-24)17-10-11-20(25-2)21(16-17)26-3/h5-6,8-11,16,22-23H,4,7,12-15H2,1-3H3. The van der Waals surface area contributed by atoms with Gasteiger partial charge in [-0.2, -0.15) is 0 Å². The number of ether oxygens (including phenoxy) is 3. The number of nitrogens with zero attached hydrogens (tertiary/aromatic N) is 1. The number of methoxy groups -OCH3 is 2. The van der Waals surface area contributed by atoms with Crippen LogP contribution in [-0.2, 0) is 0 Å². The van der Waals surface area contributed by atoms with Crippen LogP contribution in [0.25, 0.3) is 0 Å². The van der Waals surface area contributed by atoms with E-state index in [0.717, 1.165) is 49.8 Å². The van der Waals surface area contributed by atoms with Gasteiger partial charge in [-0.25, -0.2) is 0 Å². The van der Waals surface area contributed by atoms with Gasteiger partial charge < -0.3 is 19.5 Å². The van der Waals surface area contributed by atoms with Crippen LogP contribution in [0.15, 0.2) is 42.5 Å². The lowest BCUT2D eigenvalue weighted by atomic mass is 9.95. The average molecular weight is 370 g/mol. The van der Waals surface area contributed by atoms with Gasteiger partial charge in [0.1, 0.15) is 5.75 Å². The van der Waals surface area contributed by atoms with Crippen LogP contribution < -0.4 is 19.5 Å². The largest absolute Gasteiger partial charge is 0.494 e. The van der Waals surface area contributed by atoms with Gasteiger partial charge >= 0.3 is 0 Å². The lowest BCUT2D eigenvalue weighted by Gasteiger charge is -2.32. The smallest absolute Gasteiger partial charge is 0.161 e. The van der Waals surface area contributed by atoms with E-state index in [4.69, 9.17) is 14.2 Å². The van der Waals surface area contributed by atoms with Crippen molar-refractivity contribution in [1.29, 1.82) is 0 Å². The molecule has 0 saturated carbocycles. The van der Waals surface area contributed by atoms with Gasteiger partial charge in [-0.05, 0) is 43.7 Å². The van der Waals surface area contributed by atoms with Crippen LogP contribution in [0.2, 0.25) is 0 Å². The first-order valence-electron chi connectivity index (χ1n) is 9.67. The number of para-hydroxylation sites is 1. The third-order valence-corrected chi connectivity index (χ3v) is 4.98. The summed E-state index contributed by atoms with van der Waals surface area (Å²) in [6, 6.07) is 14.7. The highest BCUT2D eigenvalue weighted by Crippen LogP contribution is 2.38. The van der Waals surface area contributed by atoms with E-state index in [-0.39, 0.29) is 6.04 Å². The molecule has 2 aromatic rings. The highest BCUT2D eigenvalue weighted by atomic mass is 16.5. The molecular formula is C22H30N2O3. The lowest BCUT2D eigenvalue weighted by molar-refractivity contribution is 0.232. The minimum absolute atomic E-state index is 0.104. The first-order chi connectivity index (χ1) is 13.3. The zero-order valence-corrected chi connectivity index (χ0v) is 16.5. The summed E-state index contributed by atoms with van der Waals surface area (Å²) in [5.41, 5.74) is 2.37. The highest BCUT2D eigenvalue weighted by molar-refractivity contribution is 5.48. The zero-order valence-electron chi connectivity index (χ0n) is 16.5. The van der Waals surface area contributed by atoms with Crippen molar-refractivity contribution in [3.8, 4) is 17.2 Å². The average Bonchev–Trinajstić information content (AvgIpc) is 2.99. The van der Waals surface area contributed by atoms with Gasteiger partial charge in [0.05, 0.1) is 26.9 Å². The minimum atomic E-state index is 0.104. The molecule has 0 spiro atoms. The van der Waals surface area contributed by atoms with Crippen molar-refractivity contribution in [2.75, 3.05) is 47.0 Å². The number of hydrogen-bond donors (Lipinski definition) is 1. The first-order valence-corrected chi connectivity index (χ1v) is 9.67. The molecule has 5 heteroatoms. The van der Waals surface area contributed by atoms with Crippen LogP contribution in [0.3, 0.4) is 0 Å². The Hall–Kier alpha value is -2.24. The van der Waals surface area contributed by atoms with Crippen LogP contribution in [0.4, 0.5) is 0 Å². The quantitative estimate of drug-likeness (QED) is 0.808. The van der Waals surface area contributed by atoms with Crippen molar-refractivity contribution in [2.24, 2.45) is 0 Å². The molecule has 5 nitrogen and oxygen atoms in total. The predicted octanol–water partition coefficient (Wildman–Crippen LogP) is 3.49. The third-order valence-electron chi connectivity index (χ3n) is 4.98. The molecule has 0 radical (unpaired) electrons. The molecule has 1 aliphatic rings. The van der Waals surface area contributed by atoms with E-state index in [2.05, 4.69) is 40.5 Å². The van der Waals surface area contributed by atoms with Gasteiger partial charge in [0.2, 0.25) is 0 Å². The van der Waals surface area contributed by atoms with Crippen molar-refractivity contribution < 1.29 is 14.2 Å². The van der Waals surface area contributed by atoms with Gasteiger partial charge in [-0.1, -0.05) is 24.3 Å². The molecule has 1 aliphatic heterocycles. The second-order valence-electron chi connectivity index (χ2n) is 6.63. The van der Waals surface area contributed by atoms with E-state index in [1.165, 1.54) is 11.1 Å². The summed E-state index contributed by atoms with van der Waals surface area (Å²) in [6.45, 7) is 6.74. The lowest BCUT2D eigenvalue weighted by Crippen LogP contribution is -2.33. The summed E-state index contributed by atoms with van der Waals surface area (Å²) in [5, 5.41) is 3.50. The van der Waals surface area contributed by atoms with Crippen LogP contribution >= 0.6 is 0 Å². The maximum atomic E-state index is 5.96. The van der Waals surface area contributed by atoms with Gasteiger partial charge in [0.25, 0.3) is 0 Å². The van der Waals surface area contributed by atoms with Crippen LogP contribution in [-0.4, -0.2) is 51.9 Å². The molecule has 1 unspecified atom stereocenters. The van der Waals surface area contributed by atoms with E-state index >= 15 is 0 Å². The van der Waals surface area contributed by atoms with E-state index in [0.29, 0.717) is 6.61 Å². The van der Waals surface area contributed by atoms with E-state index in [1.807, 2.05) is 19.1 Å². The van der Waals surface area contributed by atoms with Crippen LogP contribution in [0.5, 0.6) is 17.2 Å². The summed E-state index contributed by atoms with van der Waals surface area (Å²) >= 11 is 0. The van der Waals surface area contributed by atoms with E-state index in [9.17, 15) is 0 Å². The van der Waals surface area contributed by atoms with Gasteiger partial charge in [-0.3, -0.25) is 4.90 Å². The predicted molar refractivity (Wildman–Crippen MR) is 108 cm³/mol. The number of hydrogen-bond acceptors (Lipinski definition) is 5. The molecule has 1 N–H and O–H groups in total. The van der Waals surface area contributed by atoms with Gasteiger partial charge in [-0.15, -0.1) is 0 Å². The maximum Gasteiger partial charge on any atom is 0.161 e. The summed E-state index contributed by atoms with van der Waals surface area (Å²) < 4.78 is 17.0. The summed E-state index contributed by atoms with van der Waals surface area (Å²) in [6.07, 6.45) is 1.13. The Labute approximate surface area is 162 Å². The molecule has 1 saturated heterocycles. The topological polar surface area (TPSA) is 43.0 Å². The fraction of sp³-hybridized carbons (Fsp3) is 0.455. The molecule has 0 amide bonds. The molecule has 3 rings (SSSR count). The number of benzene rings is 2. The van der Waals surface area contributed by atoms with Crippen LogP contribution in [0, 0.1) is 0 Å². The molecule has 1 fully saturated rings. The summed E-state index contributed by atoms with van der Waals surface area (Å²) in [7, 11) is 3.35. The second kappa shape index (κ2) is 9.62. The van der Waals surface area contributed by atoms with Crippen LogP contribution in [0.1, 0.15) is 30.5 Å². The highest BCUT2D eigenvalue weighted by Gasteiger charge is 2.26. The third kappa shape index (κ3) is 4.54. The fourth-order valence-electron chi connectivity index (χ4n) is 3.73. The SMILES string of the molecule is CCOc1ccccc1C(c1ccc(OC)c(OC)c1)N1CCCNCC1. The van der Waals surface area contributed by atoms with Gasteiger partial charge in [0.15, 0.2) is 11.5 Å². The number of nitrogens with one attached hydrogen (secondary N) is 1. The molecule has 1 atom stereocenters. The van der Waals surface area contributed by atoms with Crippen molar-refractivity contribution in [2.45, 2.75) is 19.4 Å². The maximum absolute atomic E-state index is 5.96. The molecule has 1 heterocycles. The monoisotopic (exact) mass is 370 g/mol. The van der Waals surface area contributed by atoms with Crippen molar-refractivity contribution >= 4 is 0 Å². The number of rotatable bonds is 7. The Morgan fingerprint density at radius 1 is 0.963 bits per heavy atom. The first kappa shape index (κ1) is 19.5. The Kier molecular flexibility index (Phi) is 6.96. The normalized spacial score (nSPS) is 16.4. The van der Waals surface area contributed by atoms with E-state index < -0.39 is 0 Å². The summed E-state index contributed by atoms with van der Waals surface area (Å²) in [4.78, 5) is 2.53. The summed E-state index contributed by atoms with van der Waals surface area (Å²) in [5.74, 6) is 2.44. The van der Waals surface area contributed by atoms with E-state index in [1.54, 1.807) is 14.2 Å². The molecule has 0 bridgehead atoms. The van der Waals surface area contributed by atoms with Gasteiger partial charge in [0, 0.05) is 25.2 Å². The second-order valence-corrected chi connectivity index (χ2v) is 6.63. The van der Waals surface area contributed by atoms with Crippen molar-refractivity contribution in [3.63, 3.8) is 0 Å². The zero-order chi connectivity index (χ0) is 19.1. The van der Waals surface area contributed by atoms with Crippen molar-refractivity contribution in [3.05, 3.63) is 53.6 Å². The minimum Gasteiger partial charge on any atom is -0.494 e. The molecular weight excluding hydrogens is 340 g/mol. The molecule has 27 heavy (non-hydrogen) atoms. The Bertz CT molecular complexity index is 727. The molecule has 0 aliphatic carbocycles.